The van der Waals surface area contributed by atoms with E-state index in [1.807, 2.05) is 48.5 Å². The fourth-order valence-corrected chi connectivity index (χ4v) is 4.43. The Hall–Kier alpha value is -4.23. The molecule has 0 aliphatic rings. The second-order valence-electron chi connectivity index (χ2n) is 7.50. The molecule has 1 N–H and O–H groups in total. The van der Waals surface area contributed by atoms with Crippen LogP contribution in [0.15, 0.2) is 91.0 Å². The maximum atomic E-state index is 12.6. The normalized spacial score (nSPS) is 10.4. The van der Waals surface area contributed by atoms with Gasteiger partial charge in [-0.3, -0.25) is 9.59 Å². The lowest BCUT2D eigenvalue weighted by Crippen LogP contribution is -2.21. The molecule has 3 aromatic carbocycles. The molecule has 1 aromatic heterocycles. The summed E-state index contributed by atoms with van der Waals surface area (Å²) in [6.45, 7) is 1.70. The molecule has 1 amide bonds. The number of nitrogens with one attached hydrogen (secondary N) is 1. The van der Waals surface area contributed by atoms with Crippen molar-refractivity contribution in [2.24, 2.45) is 0 Å². The Morgan fingerprint density at radius 3 is 2.11 bits per heavy atom. The predicted molar refractivity (Wildman–Crippen MR) is 136 cm³/mol. The van der Waals surface area contributed by atoms with Gasteiger partial charge in [0.05, 0.1) is 12.2 Å². The summed E-state index contributed by atoms with van der Waals surface area (Å²) in [5.41, 5.74) is 2.36. The van der Waals surface area contributed by atoms with Crippen molar-refractivity contribution in [1.29, 1.82) is 0 Å². The zero-order valence-electron chi connectivity index (χ0n) is 19.0. The van der Waals surface area contributed by atoms with E-state index < -0.39 is 11.9 Å². The molecule has 0 radical (unpaired) electrons. The van der Waals surface area contributed by atoms with E-state index in [9.17, 15) is 14.4 Å². The van der Waals surface area contributed by atoms with Crippen LogP contribution in [0.1, 0.15) is 33.2 Å². The highest BCUT2D eigenvalue weighted by Gasteiger charge is 2.20. The zero-order chi connectivity index (χ0) is 24.6. The Morgan fingerprint density at radius 1 is 0.829 bits per heavy atom. The quantitative estimate of drug-likeness (QED) is 0.238. The van der Waals surface area contributed by atoms with Crippen LogP contribution >= 0.6 is 11.3 Å². The van der Waals surface area contributed by atoms with Gasteiger partial charge in [-0.2, -0.15) is 0 Å². The number of thiophene rings is 1. The summed E-state index contributed by atoms with van der Waals surface area (Å²) in [4.78, 5) is 38.4. The first-order valence-corrected chi connectivity index (χ1v) is 11.9. The molecule has 35 heavy (non-hydrogen) atoms. The summed E-state index contributed by atoms with van der Waals surface area (Å²) >= 11 is 1.29. The number of carbonyl (C=O) groups excluding carboxylic acids is 3. The van der Waals surface area contributed by atoms with Gasteiger partial charge in [0, 0.05) is 16.0 Å². The van der Waals surface area contributed by atoms with Crippen LogP contribution in [-0.2, 0) is 9.53 Å². The van der Waals surface area contributed by atoms with Crippen LogP contribution in [0, 0.1) is 0 Å². The lowest BCUT2D eigenvalue weighted by Gasteiger charge is -2.08. The molecule has 6 nitrogen and oxygen atoms in total. The lowest BCUT2D eigenvalue weighted by molar-refractivity contribution is -0.118. The molecule has 0 spiro atoms. The van der Waals surface area contributed by atoms with Crippen LogP contribution in [0.5, 0.6) is 5.75 Å². The smallest absolute Gasteiger partial charge is 0.341 e. The van der Waals surface area contributed by atoms with Gasteiger partial charge in [0.1, 0.15) is 10.8 Å². The third kappa shape index (κ3) is 6.02. The molecule has 0 bridgehead atoms. The highest BCUT2D eigenvalue weighted by Crippen LogP contribution is 2.36. The van der Waals surface area contributed by atoms with Crippen LogP contribution < -0.4 is 10.1 Å². The SMILES string of the molecule is CCOC(=O)c1cc(-c2ccccc2)sc1NC(=O)COc1ccc(C(=O)c2ccccc2)cc1. The highest BCUT2D eigenvalue weighted by atomic mass is 32.1. The Kier molecular flexibility index (Phi) is 7.70. The number of benzene rings is 3. The van der Waals surface area contributed by atoms with Gasteiger partial charge in [-0.15, -0.1) is 11.3 Å². The van der Waals surface area contributed by atoms with Crippen LogP contribution in [0.3, 0.4) is 0 Å². The second-order valence-corrected chi connectivity index (χ2v) is 8.55. The first-order valence-electron chi connectivity index (χ1n) is 11.0. The molecule has 4 aromatic rings. The number of amides is 1. The Labute approximate surface area is 207 Å². The monoisotopic (exact) mass is 485 g/mol. The Bertz CT molecular complexity index is 1310. The molecule has 0 fully saturated rings. The fourth-order valence-electron chi connectivity index (χ4n) is 3.36. The van der Waals surface area contributed by atoms with Gasteiger partial charge >= 0.3 is 5.97 Å². The van der Waals surface area contributed by atoms with E-state index in [1.165, 1.54) is 11.3 Å². The minimum Gasteiger partial charge on any atom is -0.484 e. The lowest BCUT2D eigenvalue weighted by atomic mass is 10.0. The van der Waals surface area contributed by atoms with Gasteiger partial charge in [-0.25, -0.2) is 4.79 Å². The number of hydrogen-bond acceptors (Lipinski definition) is 6. The van der Waals surface area contributed by atoms with Crippen molar-refractivity contribution in [1.82, 2.24) is 0 Å². The van der Waals surface area contributed by atoms with Crippen molar-refractivity contribution >= 4 is 34.0 Å². The van der Waals surface area contributed by atoms with Crippen molar-refractivity contribution in [2.45, 2.75) is 6.92 Å². The van der Waals surface area contributed by atoms with Gasteiger partial charge in [-0.1, -0.05) is 60.7 Å². The zero-order valence-corrected chi connectivity index (χ0v) is 19.8. The maximum absolute atomic E-state index is 12.6. The molecule has 0 aliphatic carbocycles. The third-order valence-corrected chi connectivity index (χ3v) is 6.16. The third-order valence-electron chi connectivity index (χ3n) is 5.06. The summed E-state index contributed by atoms with van der Waals surface area (Å²) in [5.74, 6) is -0.554. The molecule has 4 rings (SSSR count). The highest BCUT2D eigenvalue weighted by molar-refractivity contribution is 7.20. The Balaban J connectivity index is 1.41. The molecule has 0 unspecified atom stereocenters. The average Bonchev–Trinajstić information content (AvgIpc) is 3.32. The summed E-state index contributed by atoms with van der Waals surface area (Å²) in [6, 6.07) is 26.9. The number of anilines is 1. The van der Waals surface area contributed by atoms with Gasteiger partial charge in [0.25, 0.3) is 5.91 Å². The van der Waals surface area contributed by atoms with Gasteiger partial charge in [0.2, 0.25) is 0 Å². The first-order chi connectivity index (χ1) is 17.0. The minimum atomic E-state index is -0.499. The molecule has 0 atom stereocenters. The summed E-state index contributed by atoms with van der Waals surface area (Å²) in [7, 11) is 0. The van der Waals surface area contributed by atoms with E-state index in [0.717, 1.165) is 10.4 Å². The fraction of sp³-hybridized carbons (Fsp3) is 0.107. The summed E-state index contributed by atoms with van der Waals surface area (Å²) in [5, 5.41) is 3.16. The molecule has 176 valence electrons. The minimum absolute atomic E-state index is 0.0895. The molecular formula is C28H23NO5S. The van der Waals surface area contributed by atoms with Gasteiger partial charge < -0.3 is 14.8 Å². The maximum Gasteiger partial charge on any atom is 0.341 e. The van der Waals surface area contributed by atoms with Crippen LogP contribution in [0.2, 0.25) is 0 Å². The Morgan fingerprint density at radius 2 is 1.46 bits per heavy atom. The van der Waals surface area contributed by atoms with Crippen LogP contribution in [0.25, 0.3) is 10.4 Å². The summed E-state index contributed by atoms with van der Waals surface area (Å²) in [6.07, 6.45) is 0. The largest absolute Gasteiger partial charge is 0.484 e. The predicted octanol–water partition coefficient (Wildman–Crippen LogP) is 5.84. The number of rotatable bonds is 9. The molecule has 7 heteroatoms. The van der Waals surface area contributed by atoms with Crippen molar-refractivity contribution in [3.05, 3.63) is 108 Å². The van der Waals surface area contributed by atoms with Crippen molar-refractivity contribution in [3.63, 3.8) is 0 Å². The standard InChI is InChI=1S/C28H23NO5S/c1-2-33-28(32)23-17-24(19-9-5-3-6-10-19)35-27(23)29-25(30)18-34-22-15-13-21(14-16-22)26(31)20-11-7-4-8-12-20/h3-17H,2,18H2,1H3,(H,29,30). The molecule has 0 saturated carbocycles. The van der Waals surface area contributed by atoms with E-state index in [2.05, 4.69) is 5.32 Å². The molecule has 1 heterocycles. The van der Waals surface area contributed by atoms with Crippen molar-refractivity contribution in [3.8, 4) is 16.2 Å². The van der Waals surface area contributed by atoms with Crippen molar-refractivity contribution in [2.75, 3.05) is 18.5 Å². The van der Waals surface area contributed by atoms with E-state index >= 15 is 0 Å². The molecular weight excluding hydrogens is 462 g/mol. The van der Waals surface area contributed by atoms with E-state index in [-0.39, 0.29) is 19.0 Å². The van der Waals surface area contributed by atoms with Gasteiger partial charge in [-0.05, 0) is 42.8 Å². The number of ether oxygens (including phenoxy) is 2. The van der Waals surface area contributed by atoms with E-state index in [0.29, 0.717) is 27.4 Å². The van der Waals surface area contributed by atoms with Gasteiger partial charge in [0.15, 0.2) is 12.4 Å². The number of esters is 1. The molecule has 0 saturated heterocycles. The number of ketones is 1. The number of hydrogen-bond donors (Lipinski definition) is 1. The average molecular weight is 486 g/mol. The van der Waals surface area contributed by atoms with Crippen LogP contribution in [0.4, 0.5) is 5.00 Å². The van der Waals surface area contributed by atoms with E-state index in [1.54, 1.807) is 49.4 Å². The number of carbonyl (C=O) groups is 3. The first kappa shape index (κ1) is 23.9. The van der Waals surface area contributed by atoms with Crippen LogP contribution in [-0.4, -0.2) is 30.9 Å². The topological polar surface area (TPSA) is 81.7 Å². The molecule has 0 aliphatic heterocycles. The second kappa shape index (κ2) is 11.3. The van der Waals surface area contributed by atoms with Crippen molar-refractivity contribution < 1.29 is 23.9 Å². The van der Waals surface area contributed by atoms with E-state index in [4.69, 9.17) is 9.47 Å². The summed E-state index contributed by atoms with van der Waals surface area (Å²) < 4.78 is 10.7.